The van der Waals surface area contributed by atoms with Crippen molar-refractivity contribution in [3.63, 3.8) is 0 Å². The number of hydrogen-bond donors (Lipinski definition) is 2. The lowest BCUT2D eigenvalue weighted by molar-refractivity contribution is -0.114. The Labute approximate surface area is 184 Å². The molecule has 1 unspecified atom stereocenters. The van der Waals surface area contributed by atoms with E-state index >= 15 is 0 Å². The summed E-state index contributed by atoms with van der Waals surface area (Å²) in [6.45, 7) is 9.13. The van der Waals surface area contributed by atoms with Crippen LogP contribution in [0.4, 0.5) is 5.69 Å². The number of carbonyl (C=O) groups is 1. The number of carbonyl (C=O) groups excluding carboxylic acids is 1. The third-order valence-corrected chi connectivity index (χ3v) is 5.22. The number of morpholine rings is 1. The van der Waals surface area contributed by atoms with Crippen molar-refractivity contribution in [2.75, 3.05) is 38.7 Å². The van der Waals surface area contributed by atoms with E-state index in [0.29, 0.717) is 24.6 Å². The molecule has 1 fully saturated rings. The summed E-state index contributed by atoms with van der Waals surface area (Å²) in [5.74, 6) is 1.35. The van der Waals surface area contributed by atoms with Crippen LogP contribution in [-0.2, 0) is 16.1 Å². The minimum absolute atomic E-state index is 0.0196. The number of guanidine groups is 1. The second-order valence-electron chi connectivity index (χ2n) is 7.55. The van der Waals surface area contributed by atoms with Gasteiger partial charge >= 0.3 is 0 Å². The molecule has 2 N–H and O–H groups in total. The predicted molar refractivity (Wildman–Crippen MR) is 124 cm³/mol. The zero-order chi connectivity index (χ0) is 22.2. The molecule has 1 amide bonds. The Hall–Kier alpha value is -3.06. The molecular formula is C24H32N4O3. The van der Waals surface area contributed by atoms with Gasteiger partial charge in [-0.25, -0.2) is 4.99 Å². The van der Waals surface area contributed by atoms with Gasteiger partial charge in [0.05, 0.1) is 32.5 Å². The van der Waals surface area contributed by atoms with E-state index in [0.717, 1.165) is 31.2 Å². The average Bonchev–Trinajstić information content (AvgIpc) is 2.77. The monoisotopic (exact) mass is 424 g/mol. The number of nitrogens with zero attached hydrogens (tertiary/aromatic N) is 2. The normalized spacial score (nSPS) is 16.7. The molecule has 31 heavy (non-hydrogen) atoms. The predicted octanol–water partition coefficient (Wildman–Crippen LogP) is 3.50. The standard InChI is InChI=1S/C24H32N4O3/c1-5-25-24(26-15-19-10-11-22(30-4)21(14-19)27-18(3)29)28-12-13-31-23(16-28)20-9-7-6-8-17(20)2/h6-11,14,23H,5,12-13,15-16H2,1-4H3,(H,25,26)(H,27,29). The average molecular weight is 425 g/mol. The number of nitrogens with one attached hydrogen (secondary N) is 2. The summed E-state index contributed by atoms with van der Waals surface area (Å²) in [5, 5.41) is 6.22. The number of benzene rings is 2. The number of methoxy groups -OCH3 is 1. The summed E-state index contributed by atoms with van der Waals surface area (Å²) in [7, 11) is 1.59. The van der Waals surface area contributed by atoms with Crippen molar-refractivity contribution in [1.29, 1.82) is 0 Å². The van der Waals surface area contributed by atoms with Crippen LogP contribution >= 0.6 is 0 Å². The first-order valence-electron chi connectivity index (χ1n) is 10.7. The number of hydrogen-bond acceptors (Lipinski definition) is 4. The number of aryl methyl sites for hydroxylation is 1. The van der Waals surface area contributed by atoms with Crippen LogP contribution in [0.5, 0.6) is 5.75 Å². The fourth-order valence-corrected chi connectivity index (χ4v) is 3.71. The van der Waals surface area contributed by atoms with Gasteiger partial charge in [0.15, 0.2) is 5.96 Å². The molecule has 7 heteroatoms. The first-order valence-corrected chi connectivity index (χ1v) is 10.7. The zero-order valence-electron chi connectivity index (χ0n) is 18.8. The first kappa shape index (κ1) is 22.6. The Morgan fingerprint density at radius 1 is 1.29 bits per heavy atom. The minimum Gasteiger partial charge on any atom is -0.495 e. The van der Waals surface area contributed by atoms with Gasteiger partial charge in [0, 0.05) is 20.0 Å². The molecule has 0 radical (unpaired) electrons. The summed E-state index contributed by atoms with van der Waals surface area (Å²) in [4.78, 5) is 18.6. The molecular weight excluding hydrogens is 392 g/mol. The van der Waals surface area contributed by atoms with Crippen LogP contribution in [0, 0.1) is 6.92 Å². The summed E-state index contributed by atoms with van der Waals surface area (Å²) in [5.41, 5.74) is 4.10. The number of anilines is 1. The molecule has 1 heterocycles. The molecule has 1 aliphatic heterocycles. The first-order chi connectivity index (χ1) is 15.0. The molecule has 2 aromatic carbocycles. The molecule has 1 aliphatic rings. The van der Waals surface area contributed by atoms with Crippen LogP contribution in [0.15, 0.2) is 47.5 Å². The number of aliphatic imine (C=N–C) groups is 1. The lowest BCUT2D eigenvalue weighted by atomic mass is 10.0. The van der Waals surface area contributed by atoms with E-state index in [4.69, 9.17) is 14.5 Å². The maximum Gasteiger partial charge on any atom is 0.221 e. The van der Waals surface area contributed by atoms with Crippen molar-refractivity contribution in [2.45, 2.75) is 33.4 Å². The third kappa shape index (κ3) is 5.98. The third-order valence-electron chi connectivity index (χ3n) is 5.22. The maximum atomic E-state index is 11.5. The van der Waals surface area contributed by atoms with Crippen LogP contribution < -0.4 is 15.4 Å². The molecule has 0 aromatic heterocycles. The Morgan fingerprint density at radius 2 is 2.10 bits per heavy atom. The van der Waals surface area contributed by atoms with Crippen molar-refractivity contribution < 1.29 is 14.3 Å². The van der Waals surface area contributed by atoms with Gasteiger partial charge in [-0.15, -0.1) is 0 Å². The van der Waals surface area contributed by atoms with Crippen LogP contribution in [0.25, 0.3) is 0 Å². The summed E-state index contributed by atoms with van der Waals surface area (Å²) >= 11 is 0. The molecule has 0 aliphatic carbocycles. The molecule has 3 rings (SSSR count). The lowest BCUT2D eigenvalue weighted by Gasteiger charge is -2.35. The molecule has 1 saturated heterocycles. The second kappa shape index (κ2) is 10.8. The molecule has 166 valence electrons. The topological polar surface area (TPSA) is 75.2 Å². The van der Waals surface area contributed by atoms with Gasteiger partial charge in [0.1, 0.15) is 11.9 Å². The molecule has 0 spiro atoms. The maximum absolute atomic E-state index is 11.5. The van der Waals surface area contributed by atoms with Crippen LogP contribution in [0.3, 0.4) is 0 Å². The van der Waals surface area contributed by atoms with Crippen molar-refractivity contribution in [3.8, 4) is 5.75 Å². The van der Waals surface area contributed by atoms with E-state index in [1.54, 1.807) is 7.11 Å². The van der Waals surface area contributed by atoms with Gasteiger partial charge in [0.2, 0.25) is 5.91 Å². The smallest absolute Gasteiger partial charge is 0.221 e. The van der Waals surface area contributed by atoms with E-state index in [2.05, 4.69) is 53.6 Å². The summed E-state index contributed by atoms with van der Waals surface area (Å²) in [6, 6.07) is 14.1. The highest BCUT2D eigenvalue weighted by Gasteiger charge is 2.25. The molecule has 2 aromatic rings. The Kier molecular flexibility index (Phi) is 7.89. The van der Waals surface area contributed by atoms with Crippen molar-refractivity contribution in [2.24, 2.45) is 4.99 Å². The van der Waals surface area contributed by atoms with Gasteiger partial charge in [-0.3, -0.25) is 4.79 Å². The Bertz CT molecular complexity index is 929. The van der Waals surface area contributed by atoms with E-state index in [-0.39, 0.29) is 12.0 Å². The van der Waals surface area contributed by atoms with Crippen molar-refractivity contribution >= 4 is 17.6 Å². The van der Waals surface area contributed by atoms with Crippen molar-refractivity contribution in [3.05, 3.63) is 59.2 Å². The zero-order valence-corrected chi connectivity index (χ0v) is 18.8. The van der Waals surface area contributed by atoms with Gasteiger partial charge < -0.3 is 25.0 Å². The van der Waals surface area contributed by atoms with Gasteiger partial charge in [-0.2, -0.15) is 0 Å². The van der Waals surface area contributed by atoms with Crippen LogP contribution in [0.2, 0.25) is 0 Å². The SMILES string of the molecule is CCNC(=NCc1ccc(OC)c(NC(C)=O)c1)N1CCOC(c2ccccc2C)C1. The highest BCUT2D eigenvalue weighted by atomic mass is 16.5. The summed E-state index contributed by atoms with van der Waals surface area (Å²) in [6.07, 6.45) is 0.0196. The Morgan fingerprint density at radius 3 is 2.81 bits per heavy atom. The van der Waals surface area contributed by atoms with E-state index in [9.17, 15) is 4.79 Å². The van der Waals surface area contributed by atoms with E-state index in [1.807, 2.05) is 18.2 Å². The quantitative estimate of drug-likeness (QED) is 0.548. The number of rotatable bonds is 6. The lowest BCUT2D eigenvalue weighted by Crippen LogP contribution is -2.48. The van der Waals surface area contributed by atoms with E-state index in [1.165, 1.54) is 18.1 Å². The number of amides is 1. The molecule has 0 bridgehead atoms. The fourth-order valence-electron chi connectivity index (χ4n) is 3.71. The summed E-state index contributed by atoms with van der Waals surface area (Å²) < 4.78 is 11.4. The molecule has 1 atom stereocenters. The molecule has 7 nitrogen and oxygen atoms in total. The van der Waals surface area contributed by atoms with Crippen LogP contribution in [0.1, 0.15) is 36.6 Å². The van der Waals surface area contributed by atoms with Gasteiger partial charge in [0.25, 0.3) is 0 Å². The van der Waals surface area contributed by atoms with Crippen molar-refractivity contribution in [1.82, 2.24) is 10.2 Å². The minimum atomic E-state index is -0.136. The fraction of sp³-hybridized carbons (Fsp3) is 0.417. The second-order valence-corrected chi connectivity index (χ2v) is 7.55. The van der Waals surface area contributed by atoms with E-state index < -0.39 is 0 Å². The number of ether oxygens (including phenoxy) is 2. The highest BCUT2D eigenvalue weighted by Crippen LogP contribution is 2.27. The van der Waals surface area contributed by atoms with Crippen LogP contribution in [-0.4, -0.2) is 50.1 Å². The molecule has 0 saturated carbocycles. The Balaban J connectivity index is 1.77. The van der Waals surface area contributed by atoms with Gasteiger partial charge in [-0.05, 0) is 42.7 Å². The van der Waals surface area contributed by atoms with Gasteiger partial charge in [-0.1, -0.05) is 30.3 Å². The highest BCUT2D eigenvalue weighted by molar-refractivity contribution is 5.90. The largest absolute Gasteiger partial charge is 0.495 e.